The monoisotopic (exact) mass is 665 g/mol. The van der Waals surface area contributed by atoms with Crippen molar-refractivity contribution in [2.45, 2.75) is 80.9 Å². The fourth-order valence-electron chi connectivity index (χ4n) is 2.80. The van der Waals surface area contributed by atoms with E-state index in [1.165, 1.54) is 25.7 Å². The van der Waals surface area contributed by atoms with E-state index in [9.17, 15) is 9.59 Å². The highest BCUT2D eigenvalue weighted by Crippen LogP contribution is 2.15. The van der Waals surface area contributed by atoms with Crippen molar-refractivity contribution in [3.05, 3.63) is 77.3 Å². The van der Waals surface area contributed by atoms with Crippen molar-refractivity contribution in [3.63, 3.8) is 0 Å². The van der Waals surface area contributed by atoms with Gasteiger partial charge in [-0.25, -0.2) is 9.59 Å². The molecule has 43 heavy (non-hydrogen) atoms. The van der Waals surface area contributed by atoms with Crippen LogP contribution in [0.25, 0.3) is 6.08 Å². The predicted molar refractivity (Wildman–Crippen MR) is 185 cm³/mol. The van der Waals surface area contributed by atoms with Crippen LogP contribution in [-0.2, 0) is 19.1 Å². The van der Waals surface area contributed by atoms with E-state index >= 15 is 0 Å². The molecule has 0 N–H and O–H groups in total. The van der Waals surface area contributed by atoms with Crippen LogP contribution in [0.15, 0.2) is 71.7 Å². The number of esters is 2. The summed E-state index contributed by atoms with van der Waals surface area (Å²) in [4.78, 5) is 24.3. The molecule has 8 heteroatoms. The van der Waals surface area contributed by atoms with E-state index in [1.807, 2.05) is 90.1 Å². The molecule has 0 bridgehead atoms. The molecule has 0 unspecified atom stereocenters. The lowest BCUT2D eigenvalue weighted by Crippen LogP contribution is -2.22. The van der Waals surface area contributed by atoms with Gasteiger partial charge >= 0.3 is 11.9 Å². The quantitative estimate of drug-likeness (QED) is 0.206. The topological polar surface area (TPSA) is 74.3 Å². The Morgan fingerprint density at radius 2 is 1.12 bits per heavy atom. The Morgan fingerprint density at radius 1 is 0.744 bits per heavy atom. The van der Waals surface area contributed by atoms with E-state index in [0.717, 1.165) is 27.6 Å². The van der Waals surface area contributed by atoms with Crippen LogP contribution >= 0.6 is 15.9 Å². The number of halogens is 1. The van der Waals surface area contributed by atoms with Crippen molar-refractivity contribution in [1.29, 1.82) is 0 Å². The number of carbonyl (C=O) groups excluding carboxylic acids is 2. The van der Waals surface area contributed by atoms with E-state index < -0.39 is 11.2 Å². The summed E-state index contributed by atoms with van der Waals surface area (Å²) in [5.41, 5.74) is 0.0729. The minimum absolute atomic E-state index is 0. The Hall–Kier alpha value is -3.10. The van der Waals surface area contributed by atoms with Gasteiger partial charge in [0.25, 0.3) is 0 Å². The maximum Gasteiger partial charge on any atom is 0.331 e. The summed E-state index contributed by atoms with van der Waals surface area (Å²) in [6, 6.07) is 15.1. The van der Waals surface area contributed by atoms with Gasteiger partial charge in [0.15, 0.2) is 0 Å². The lowest BCUT2D eigenvalue weighted by atomic mass is 10.2. The number of methoxy groups -OCH3 is 2. The molecular formula is C35H56BrNO6. The maximum atomic E-state index is 11.4. The van der Waals surface area contributed by atoms with Gasteiger partial charge in [-0.05, 0) is 109 Å². The summed E-state index contributed by atoms with van der Waals surface area (Å²) in [5.74, 6) is 0.966. The van der Waals surface area contributed by atoms with Gasteiger partial charge in [0.05, 0.1) is 14.2 Å². The Morgan fingerprint density at radius 3 is 1.40 bits per heavy atom. The molecule has 0 radical (unpaired) electrons. The molecule has 244 valence electrons. The molecule has 0 amide bonds. The molecule has 2 aromatic rings. The average Bonchev–Trinajstić information content (AvgIpc) is 2.93. The molecule has 0 saturated heterocycles. The first-order valence-corrected chi connectivity index (χ1v) is 14.8. The molecule has 7 nitrogen and oxygen atoms in total. The SMILES string of the molecule is C.C=CC(=O)OC(C)(C)C.CCN(CC)CC.COc1ccc(/C=C/C(=O)OC(C)(C)C)cc1.COc1ccc(Br)cc1. The molecule has 2 rings (SSSR count). The fraction of sp³-hybridized carbons (Fsp3) is 0.486. The van der Waals surface area contributed by atoms with Crippen molar-refractivity contribution in [2.75, 3.05) is 33.9 Å². The molecular weight excluding hydrogens is 610 g/mol. The molecule has 0 aromatic heterocycles. The second-order valence-electron chi connectivity index (χ2n) is 10.7. The third-order valence-electron chi connectivity index (χ3n) is 4.90. The molecule has 0 aliphatic heterocycles. The van der Waals surface area contributed by atoms with Gasteiger partial charge in [-0.3, -0.25) is 0 Å². The van der Waals surface area contributed by atoms with Gasteiger partial charge in [0, 0.05) is 16.6 Å². The number of ether oxygens (including phenoxy) is 4. The lowest BCUT2D eigenvalue weighted by Gasteiger charge is -2.17. The maximum absolute atomic E-state index is 11.4. The third kappa shape index (κ3) is 27.5. The fourth-order valence-corrected chi connectivity index (χ4v) is 3.06. The molecule has 0 saturated carbocycles. The number of benzene rings is 2. The number of hydrogen-bond acceptors (Lipinski definition) is 7. The summed E-state index contributed by atoms with van der Waals surface area (Å²) in [6.07, 6.45) is 4.30. The summed E-state index contributed by atoms with van der Waals surface area (Å²) in [7, 11) is 3.27. The number of nitrogens with zero attached hydrogens (tertiary/aromatic N) is 1. The van der Waals surface area contributed by atoms with E-state index in [1.54, 1.807) is 20.3 Å². The first-order valence-electron chi connectivity index (χ1n) is 14.0. The number of rotatable bonds is 8. The highest BCUT2D eigenvalue weighted by Gasteiger charge is 2.14. The van der Waals surface area contributed by atoms with E-state index in [2.05, 4.69) is 48.2 Å². The van der Waals surface area contributed by atoms with Gasteiger partial charge < -0.3 is 23.8 Å². The zero-order valence-corrected chi connectivity index (χ0v) is 29.0. The Labute approximate surface area is 270 Å². The summed E-state index contributed by atoms with van der Waals surface area (Å²) < 4.78 is 21.0. The molecule has 0 aliphatic carbocycles. The highest BCUT2D eigenvalue weighted by molar-refractivity contribution is 9.10. The van der Waals surface area contributed by atoms with E-state index in [-0.39, 0.29) is 19.4 Å². The van der Waals surface area contributed by atoms with Crippen LogP contribution in [0.3, 0.4) is 0 Å². The van der Waals surface area contributed by atoms with Crippen LogP contribution in [0.5, 0.6) is 11.5 Å². The third-order valence-corrected chi connectivity index (χ3v) is 5.43. The lowest BCUT2D eigenvalue weighted by molar-refractivity contribution is -0.149. The zero-order chi connectivity index (χ0) is 32.8. The van der Waals surface area contributed by atoms with Crippen molar-refractivity contribution in [2.24, 2.45) is 0 Å². The van der Waals surface area contributed by atoms with Crippen LogP contribution in [0.4, 0.5) is 0 Å². The summed E-state index contributed by atoms with van der Waals surface area (Å²) in [5, 5.41) is 0. The first kappa shape index (κ1) is 44.3. The van der Waals surface area contributed by atoms with Gasteiger partial charge in [-0.1, -0.05) is 62.8 Å². The van der Waals surface area contributed by atoms with Crippen LogP contribution in [0.2, 0.25) is 0 Å². The second-order valence-corrected chi connectivity index (χ2v) is 11.6. The van der Waals surface area contributed by atoms with Crippen molar-refractivity contribution in [3.8, 4) is 11.5 Å². The summed E-state index contributed by atoms with van der Waals surface area (Å²) in [6.45, 7) is 24.4. The zero-order valence-electron chi connectivity index (χ0n) is 27.5. The van der Waals surface area contributed by atoms with Crippen LogP contribution in [0, 0.1) is 0 Å². The summed E-state index contributed by atoms with van der Waals surface area (Å²) >= 11 is 3.32. The van der Waals surface area contributed by atoms with Gasteiger partial charge in [0.2, 0.25) is 0 Å². The molecule has 0 heterocycles. The predicted octanol–water partition coefficient (Wildman–Crippen LogP) is 9.01. The first-order chi connectivity index (χ1) is 19.5. The van der Waals surface area contributed by atoms with E-state index in [4.69, 9.17) is 18.9 Å². The smallest absolute Gasteiger partial charge is 0.331 e. The largest absolute Gasteiger partial charge is 0.497 e. The molecule has 0 aliphatic rings. The number of hydrogen-bond donors (Lipinski definition) is 0. The van der Waals surface area contributed by atoms with Gasteiger partial charge in [-0.15, -0.1) is 0 Å². The standard InChI is InChI=1S/C14H18O3.C7H7BrO.C7H12O2.C6H15N.CH4/c1-14(2,3)17-13(15)10-7-11-5-8-12(16-4)9-6-11;1-9-7-4-2-6(8)3-5-7;1-5-6(8)9-7(2,3)4;1-4-7(5-2)6-3;/h5-10H,1-4H3;2-5H,1H3;5H,1H2,2-4H3;4-6H2,1-3H3;1H4/b10-7+;;;;. The highest BCUT2D eigenvalue weighted by atomic mass is 79.9. The average molecular weight is 667 g/mol. The minimum Gasteiger partial charge on any atom is -0.497 e. The number of carbonyl (C=O) groups is 2. The Kier molecular flexibility index (Phi) is 25.1. The second kappa shape index (κ2) is 24.4. The minimum atomic E-state index is -0.457. The molecule has 0 spiro atoms. The van der Waals surface area contributed by atoms with Crippen LogP contribution in [0.1, 0.15) is 75.3 Å². The molecule has 0 fully saturated rings. The van der Waals surface area contributed by atoms with E-state index in [0.29, 0.717) is 0 Å². The van der Waals surface area contributed by atoms with Crippen molar-refractivity contribution >= 4 is 33.9 Å². The molecule has 2 aromatic carbocycles. The van der Waals surface area contributed by atoms with Crippen LogP contribution < -0.4 is 9.47 Å². The van der Waals surface area contributed by atoms with Gasteiger partial charge in [-0.2, -0.15) is 0 Å². The van der Waals surface area contributed by atoms with Gasteiger partial charge in [0.1, 0.15) is 22.7 Å². The van der Waals surface area contributed by atoms with Crippen molar-refractivity contribution < 1.29 is 28.5 Å². The Bertz CT molecular complexity index is 1030. The van der Waals surface area contributed by atoms with Crippen LogP contribution in [-0.4, -0.2) is 61.9 Å². The normalized spacial score (nSPS) is 10.3. The molecule has 0 atom stereocenters. The Balaban J connectivity index is -0.000000528. The van der Waals surface area contributed by atoms with Crippen molar-refractivity contribution in [1.82, 2.24) is 4.90 Å².